The van der Waals surface area contributed by atoms with Crippen molar-refractivity contribution >= 4 is 12.1 Å². The molecular formula is C16H31NO5. The van der Waals surface area contributed by atoms with Crippen LogP contribution in [0, 0.1) is 11.3 Å². The summed E-state index contributed by atoms with van der Waals surface area (Å²) < 4.78 is 10.2. The van der Waals surface area contributed by atoms with Crippen molar-refractivity contribution in [1.29, 1.82) is 0 Å². The van der Waals surface area contributed by atoms with Crippen LogP contribution in [0.4, 0.5) is 4.79 Å². The van der Waals surface area contributed by atoms with Gasteiger partial charge < -0.3 is 19.9 Å². The van der Waals surface area contributed by atoms with Crippen molar-refractivity contribution in [3.8, 4) is 0 Å². The first kappa shape index (κ1) is 20.7. The Kier molecular flexibility index (Phi) is 8.45. The molecule has 0 saturated carbocycles. The van der Waals surface area contributed by atoms with Gasteiger partial charge in [0.05, 0.1) is 5.41 Å². The molecule has 6 nitrogen and oxygen atoms in total. The van der Waals surface area contributed by atoms with Gasteiger partial charge in [-0.05, 0) is 46.0 Å². The Morgan fingerprint density at radius 1 is 1.23 bits per heavy atom. The van der Waals surface area contributed by atoms with Crippen LogP contribution in [-0.4, -0.2) is 43.0 Å². The zero-order valence-electron chi connectivity index (χ0n) is 14.7. The van der Waals surface area contributed by atoms with Crippen molar-refractivity contribution in [2.45, 2.75) is 59.5 Å². The number of hydrogen-bond donors (Lipinski definition) is 2. The number of amides is 1. The Balaban J connectivity index is 4.89. The van der Waals surface area contributed by atoms with E-state index in [1.165, 1.54) is 0 Å². The van der Waals surface area contributed by atoms with E-state index in [1.54, 1.807) is 27.9 Å². The minimum absolute atomic E-state index is 0.0547. The summed E-state index contributed by atoms with van der Waals surface area (Å²) in [6, 6.07) is 0. The van der Waals surface area contributed by atoms with Crippen LogP contribution in [0.25, 0.3) is 0 Å². The van der Waals surface area contributed by atoms with Crippen LogP contribution in [0.5, 0.6) is 0 Å². The number of alkyl carbamates (subject to hydrolysis) is 1. The quantitative estimate of drug-likeness (QED) is 0.638. The van der Waals surface area contributed by atoms with E-state index in [9.17, 15) is 14.7 Å². The largest absolute Gasteiger partial charge is 0.481 e. The number of carboxylic acids is 1. The predicted octanol–water partition coefficient (Wildman–Crippen LogP) is 3.05. The molecule has 0 saturated heterocycles. The lowest BCUT2D eigenvalue weighted by Gasteiger charge is -2.32. The van der Waals surface area contributed by atoms with Crippen molar-refractivity contribution in [2.24, 2.45) is 11.3 Å². The van der Waals surface area contributed by atoms with Gasteiger partial charge in [-0.3, -0.25) is 4.79 Å². The number of carboxylic acid groups (broad SMARTS) is 1. The third-order valence-electron chi connectivity index (χ3n) is 3.23. The molecular weight excluding hydrogens is 286 g/mol. The van der Waals surface area contributed by atoms with Gasteiger partial charge in [-0.25, -0.2) is 4.79 Å². The van der Waals surface area contributed by atoms with E-state index >= 15 is 0 Å². The molecule has 0 heterocycles. The predicted molar refractivity (Wildman–Crippen MR) is 84.9 cm³/mol. The normalized spacial score (nSPS) is 14.5. The van der Waals surface area contributed by atoms with Crippen LogP contribution in [0.1, 0.15) is 53.9 Å². The standard InChI is InChI=1S/C16H31NO5/c1-12(2)10-16(13(18)19,8-7-9-21-6)11-17-14(20)22-15(3,4)5/h12H,7-11H2,1-6H3,(H,17,20)(H,18,19). The second-order valence-electron chi connectivity index (χ2n) is 7.14. The van der Waals surface area contributed by atoms with E-state index in [0.29, 0.717) is 25.9 Å². The molecule has 0 aliphatic rings. The molecule has 6 heteroatoms. The molecule has 22 heavy (non-hydrogen) atoms. The molecule has 0 radical (unpaired) electrons. The fourth-order valence-electron chi connectivity index (χ4n) is 2.42. The molecule has 0 bridgehead atoms. The van der Waals surface area contributed by atoms with E-state index < -0.39 is 23.1 Å². The molecule has 1 atom stereocenters. The number of rotatable bonds is 9. The van der Waals surface area contributed by atoms with Gasteiger partial charge >= 0.3 is 12.1 Å². The van der Waals surface area contributed by atoms with Gasteiger partial charge in [0.1, 0.15) is 5.60 Å². The zero-order chi connectivity index (χ0) is 17.4. The van der Waals surface area contributed by atoms with Gasteiger partial charge in [0.2, 0.25) is 0 Å². The average molecular weight is 317 g/mol. The van der Waals surface area contributed by atoms with Crippen LogP contribution in [0.15, 0.2) is 0 Å². The fraction of sp³-hybridized carbons (Fsp3) is 0.875. The molecule has 2 N–H and O–H groups in total. The summed E-state index contributed by atoms with van der Waals surface area (Å²) in [4.78, 5) is 23.6. The second-order valence-corrected chi connectivity index (χ2v) is 7.14. The van der Waals surface area contributed by atoms with Gasteiger partial charge in [0, 0.05) is 20.3 Å². The number of carbonyl (C=O) groups is 2. The molecule has 0 fully saturated rings. The molecule has 0 rings (SSSR count). The summed E-state index contributed by atoms with van der Waals surface area (Å²) >= 11 is 0. The lowest BCUT2D eigenvalue weighted by molar-refractivity contribution is -0.150. The van der Waals surface area contributed by atoms with Crippen molar-refractivity contribution in [3.05, 3.63) is 0 Å². The smallest absolute Gasteiger partial charge is 0.407 e. The summed E-state index contributed by atoms with van der Waals surface area (Å²) in [5, 5.41) is 12.3. The molecule has 0 aliphatic heterocycles. The van der Waals surface area contributed by atoms with E-state index in [0.717, 1.165) is 0 Å². The van der Waals surface area contributed by atoms with Gasteiger partial charge in [0.15, 0.2) is 0 Å². The van der Waals surface area contributed by atoms with Gasteiger partial charge in [-0.1, -0.05) is 13.8 Å². The number of aliphatic carboxylic acids is 1. The van der Waals surface area contributed by atoms with E-state index in [1.807, 2.05) is 13.8 Å². The molecule has 1 unspecified atom stereocenters. The van der Waals surface area contributed by atoms with Gasteiger partial charge in [-0.2, -0.15) is 0 Å². The van der Waals surface area contributed by atoms with Crippen LogP contribution in [0.2, 0.25) is 0 Å². The third kappa shape index (κ3) is 8.22. The maximum atomic E-state index is 11.8. The van der Waals surface area contributed by atoms with Crippen molar-refractivity contribution < 1.29 is 24.2 Å². The summed E-state index contributed by atoms with van der Waals surface area (Å²) in [7, 11) is 1.59. The monoisotopic (exact) mass is 317 g/mol. The highest BCUT2D eigenvalue weighted by atomic mass is 16.6. The molecule has 0 aromatic heterocycles. The van der Waals surface area contributed by atoms with Crippen LogP contribution in [0.3, 0.4) is 0 Å². The second kappa shape index (κ2) is 8.98. The van der Waals surface area contributed by atoms with Crippen molar-refractivity contribution in [1.82, 2.24) is 5.32 Å². The Bertz CT molecular complexity index is 362. The fourth-order valence-corrected chi connectivity index (χ4v) is 2.42. The number of carbonyl (C=O) groups excluding carboxylic acids is 1. The SMILES string of the molecule is COCCCC(CNC(=O)OC(C)(C)C)(CC(C)C)C(=O)O. The summed E-state index contributed by atoms with van der Waals surface area (Å²) in [5.74, 6) is -0.688. The number of methoxy groups -OCH3 is 1. The van der Waals surface area contributed by atoms with E-state index in [4.69, 9.17) is 9.47 Å². The van der Waals surface area contributed by atoms with E-state index in [-0.39, 0.29) is 12.5 Å². The maximum absolute atomic E-state index is 11.8. The number of ether oxygens (including phenoxy) is 2. The molecule has 0 aromatic rings. The first-order valence-electron chi connectivity index (χ1n) is 7.71. The van der Waals surface area contributed by atoms with Gasteiger partial charge in [-0.15, -0.1) is 0 Å². The molecule has 130 valence electrons. The molecule has 0 aromatic carbocycles. The van der Waals surface area contributed by atoms with Crippen molar-refractivity contribution in [3.63, 3.8) is 0 Å². The molecule has 0 spiro atoms. The summed E-state index contributed by atoms with van der Waals surface area (Å²) in [6.07, 6.45) is 0.978. The topological polar surface area (TPSA) is 84.9 Å². The van der Waals surface area contributed by atoms with Crippen LogP contribution < -0.4 is 5.32 Å². The minimum atomic E-state index is -0.996. The highest BCUT2D eigenvalue weighted by Gasteiger charge is 2.39. The first-order chi connectivity index (χ1) is 10.0. The Labute approximate surface area is 133 Å². The van der Waals surface area contributed by atoms with Gasteiger partial charge in [0.25, 0.3) is 0 Å². The van der Waals surface area contributed by atoms with Crippen LogP contribution in [-0.2, 0) is 14.3 Å². The highest BCUT2D eigenvalue weighted by molar-refractivity contribution is 5.76. The minimum Gasteiger partial charge on any atom is -0.481 e. The first-order valence-corrected chi connectivity index (χ1v) is 7.71. The molecule has 0 aliphatic carbocycles. The number of nitrogens with one attached hydrogen (secondary N) is 1. The zero-order valence-corrected chi connectivity index (χ0v) is 14.7. The Morgan fingerprint density at radius 3 is 2.23 bits per heavy atom. The molecule has 1 amide bonds. The lowest BCUT2D eigenvalue weighted by Crippen LogP contribution is -2.45. The van der Waals surface area contributed by atoms with E-state index in [2.05, 4.69) is 5.32 Å². The summed E-state index contributed by atoms with van der Waals surface area (Å²) in [6.45, 7) is 9.80. The Morgan fingerprint density at radius 2 is 1.82 bits per heavy atom. The lowest BCUT2D eigenvalue weighted by atomic mass is 9.76. The van der Waals surface area contributed by atoms with Crippen molar-refractivity contribution in [2.75, 3.05) is 20.3 Å². The Hall–Kier alpha value is -1.30. The number of hydrogen-bond acceptors (Lipinski definition) is 4. The summed E-state index contributed by atoms with van der Waals surface area (Å²) in [5.41, 5.74) is -1.60. The maximum Gasteiger partial charge on any atom is 0.407 e. The highest BCUT2D eigenvalue weighted by Crippen LogP contribution is 2.32. The van der Waals surface area contributed by atoms with Crippen LogP contribution >= 0.6 is 0 Å². The third-order valence-corrected chi connectivity index (χ3v) is 3.23. The average Bonchev–Trinajstić information content (AvgIpc) is 2.33.